The van der Waals surface area contributed by atoms with Crippen LogP contribution in [0.3, 0.4) is 0 Å². The van der Waals surface area contributed by atoms with Gasteiger partial charge in [0.25, 0.3) is 0 Å². The third-order valence-electron chi connectivity index (χ3n) is 2.62. The molecule has 0 aliphatic rings. The molecule has 2 atom stereocenters. The molecule has 2 unspecified atom stereocenters. The number of rotatable bonds is 10. The minimum atomic E-state index is -1.97. The number of nitrogens with two attached hydrogens (primary N) is 1. The van der Waals surface area contributed by atoms with E-state index in [1.54, 1.807) is 0 Å². The number of carboxylic acid groups (broad SMARTS) is 4. The minimum Gasteiger partial charge on any atom is -0.550 e. The Bertz CT molecular complexity index is 404. The smallest absolute Gasteiger partial charge is 0.550 e. The van der Waals surface area contributed by atoms with Crippen LogP contribution in [0.5, 0.6) is 0 Å². The second kappa shape index (κ2) is 16.2. The first-order valence-corrected chi connectivity index (χ1v) is 5.43. The van der Waals surface area contributed by atoms with Crippen LogP contribution >= 0.6 is 0 Å². The molecule has 0 aromatic rings. The predicted molar refractivity (Wildman–Crippen MR) is 65.1 cm³/mol. The zero-order chi connectivity index (χ0) is 15.9. The van der Waals surface area contributed by atoms with Gasteiger partial charge in [0.2, 0.25) is 0 Å². The van der Waals surface area contributed by atoms with Crippen molar-refractivity contribution in [3.63, 3.8) is 0 Å². The van der Waals surface area contributed by atoms with E-state index in [1.807, 2.05) is 0 Å². The van der Waals surface area contributed by atoms with Crippen LogP contribution in [0.25, 0.3) is 0 Å². The van der Waals surface area contributed by atoms with Crippen LogP contribution in [0.15, 0.2) is 0 Å². The van der Waals surface area contributed by atoms with E-state index in [9.17, 15) is 29.4 Å². The number of carboxylic acids is 4. The molecule has 0 aromatic carbocycles. The molecule has 0 saturated heterocycles. The second-order valence-electron chi connectivity index (χ2n) is 4.21. The van der Waals surface area contributed by atoms with E-state index in [0.717, 1.165) is 0 Å². The Labute approximate surface area is 181 Å². The van der Waals surface area contributed by atoms with E-state index in [-0.39, 0.29) is 70.1 Å². The topological polar surface area (TPSA) is 256 Å². The van der Waals surface area contributed by atoms with E-state index in [1.165, 1.54) is 0 Å². The van der Waals surface area contributed by atoms with Gasteiger partial charge in [-0.1, -0.05) is 0 Å². The van der Waals surface area contributed by atoms with Crippen molar-refractivity contribution in [1.29, 1.82) is 0 Å². The van der Waals surface area contributed by atoms with Gasteiger partial charge in [-0.05, 0) is 0 Å². The number of aliphatic carboxylic acids is 4. The number of hydrogen-bond acceptors (Lipinski definition) is 8. The monoisotopic (exact) mass is 372 g/mol. The molecule has 0 aliphatic carbocycles. The average Bonchev–Trinajstić information content (AvgIpc) is 2.23. The zero-order valence-corrected chi connectivity index (χ0v) is 17.3. The summed E-state index contributed by atoms with van der Waals surface area (Å²) in [7, 11) is 0. The molecule has 0 heterocycles. The van der Waals surface area contributed by atoms with E-state index in [4.69, 9.17) is 15.9 Å². The predicted octanol–water partition coefficient (Wildman–Crippen LogP) is -12.2. The molecule has 0 aliphatic heterocycles. The summed E-state index contributed by atoms with van der Waals surface area (Å²) in [6.45, 7) is -0.881. The van der Waals surface area contributed by atoms with Gasteiger partial charge in [0.15, 0.2) is 0 Å². The normalized spacial score (nSPS) is 12.5. The molecule has 0 rings (SSSR count). The third kappa shape index (κ3) is 14.1. The Hall–Kier alpha value is -0.280. The van der Waals surface area contributed by atoms with Gasteiger partial charge in [-0.15, -0.1) is 0 Å². The maximum Gasteiger partial charge on any atom is 1.00 e. The van der Waals surface area contributed by atoms with Crippen LogP contribution in [0.2, 0.25) is 0 Å². The van der Waals surface area contributed by atoms with Gasteiger partial charge in [0.05, 0.1) is 18.8 Å². The number of carbonyl (C=O) groups excluding carboxylic acids is 2. The Morgan fingerprint density at radius 3 is 1.71 bits per heavy atom. The standard InChI is InChI=1S/C10H16N2O8.2Na.2H2O/c11-5(1-6(13)14)10(2-7(15)16,3-8(17)18)12-4-9(19)20;;;;/h5,12H,1-4,11H2,(H,13,14)(H,15,16)(H,17,18)(H,19,20);;;2*1H2/q;2*+1;;/p-2. The van der Waals surface area contributed by atoms with Crippen LogP contribution < -0.4 is 80.4 Å². The molecule has 0 fully saturated rings. The second-order valence-corrected chi connectivity index (χ2v) is 4.21. The van der Waals surface area contributed by atoms with Crippen molar-refractivity contribution in [2.45, 2.75) is 30.8 Å². The molecular formula is C10H18N2Na2O10. The zero-order valence-electron chi connectivity index (χ0n) is 13.3. The van der Waals surface area contributed by atoms with E-state index >= 15 is 0 Å². The van der Waals surface area contributed by atoms with Crippen LogP contribution in [-0.2, 0) is 19.2 Å². The Morgan fingerprint density at radius 2 is 1.42 bits per heavy atom. The summed E-state index contributed by atoms with van der Waals surface area (Å²) in [6.07, 6.45) is -2.59. The molecule has 0 amide bonds. The van der Waals surface area contributed by atoms with Crippen molar-refractivity contribution in [3.05, 3.63) is 0 Å². The molecule has 0 spiro atoms. The average molecular weight is 372 g/mol. The number of carbonyl (C=O) groups is 4. The fourth-order valence-corrected chi connectivity index (χ4v) is 1.74. The van der Waals surface area contributed by atoms with Gasteiger partial charge in [-0.25, -0.2) is 0 Å². The van der Waals surface area contributed by atoms with E-state index in [0.29, 0.717) is 0 Å². The first-order chi connectivity index (χ1) is 9.09. The van der Waals surface area contributed by atoms with Crippen molar-refractivity contribution in [2.75, 3.05) is 6.54 Å². The molecule has 130 valence electrons. The van der Waals surface area contributed by atoms with Crippen molar-refractivity contribution in [3.8, 4) is 0 Å². The number of nitrogens with one attached hydrogen (secondary N) is 1. The fraction of sp³-hybridized carbons (Fsp3) is 0.600. The van der Waals surface area contributed by atoms with Crippen molar-refractivity contribution < 1.29 is 110 Å². The van der Waals surface area contributed by atoms with Gasteiger partial charge in [-0.2, -0.15) is 0 Å². The summed E-state index contributed by atoms with van der Waals surface area (Å²) >= 11 is 0. The Morgan fingerprint density at radius 1 is 0.958 bits per heavy atom. The molecule has 0 saturated carbocycles. The van der Waals surface area contributed by atoms with Gasteiger partial charge in [-0.3, -0.25) is 9.59 Å². The molecule has 12 nitrogen and oxygen atoms in total. The van der Waals surface area contributed by atoms with Crippen molar-refractivity contribution >= 4 is 23.9 Å². The van der Waals surface area contributed by atoms with Crippen LogP contribution in [0, 0.1) is 0 Å². The molecule has 24 heavy (non-hydrogen) atoms. The van der Waals surface area contributed by atoms with Crippen molar-refractivity contribution in [1.82, 2.24) is 5.32 Å². The van der Waals surface area contributed by atoms with E-state index in [2.05, 4.69) is 5.32 Å². The largest absolute Gasteiger partial charge is 1.00 e. The summed E-state index contributed by atoms with van der Waals surface area (Å²) in [4.78, 5) is 42.6. The SMILES string of the molecule is NC(CC(=O)O)C(CC(=O)[O-])(CC(=O)O)NCC(=O)[O-].O.O.[Na+].[Na+]. The number of hydrogen-bond donors (Lipinski definition) is 4. The molecule has 14 heteroatoms. The first-order valence-electron chi connectivity index (χ1n) is 5.43. The van der Waals surface area contributed by atoms with Gasteiger partial charge >= 0.3 is 71.1 Å². The molecule has 0 aromatic heterocycles. The maximum absolute atomic E-state index is 10.8. The van der Waals surface area contributed by atoms with Crippen LogP contribution in [0.1, 0.15) is 19.3 Å². The summed E-state index contributed by atoms with van der Waals surface area (Å²) in [5, 5.41) is 40.7. The molecule has 0 bridgehead atoms. The molecule has 0 radical (unpaired) electrons. The third-order valence-corrected chi connectivity index (χ3v) is 2.62. The van der Waals surface area contributed by atoms with Gasteiger partial charge in [0.1, 0.15) is 0 Å². The van der Waals surface area contributed by atoms with Crippen molar-refractivity contribution in [2.24, 2.45) is 5.73 Å². The van der Waals surface area contributed by atoms with Crippen LogP contribution in [0.4, 0.5) is 0 Å². The van der Waals surface area contributed by atoms with Gasteiger partial charge < -0.3 is 52.0 Å². The summed E-state index contributed by atoms with van der Waals surface area (Å²) in [5.74, 6) is -6.18. The van der Waals surface area contributed by atoms with Crippen LogP contribution in [-0.4, -0.2) is 63.2 Å². The van der Waals surface area contributed by atoms with Gasteiger partial charge in [0, 0.05) is 30.5 Å². The Kier molecular flexibility index (Phi) is 23.6. The minimum absolute atomic E-state index is 0. The summed E-state index contributed by atoms with van der Waals surface area (Å²) < 4.78 is 0. The fourth-order valence-electron chi connectivity index (χ4n) is 1.74. The summed E-state index contributed by atoms with van der Waals surface area (Å²) in [5.41, 5.74) is 3.56. The molecule has 9 N–H and O–H groups in total. The van der Waals surface area contributed by atoms with E-state index < -0.39 is 61.3 Å². The maximum atomic E-state index is 10.8. The quantitative estimate of drug-likeness (QED) is 0.263. The summed E-state index contributed by atoms with van der Waals surface area (Å²) in [6, 6.07) is -1.45. The Balaban J connectivity index is -0.000000301. The first kappa shape index (κ1) is 34.9. The molecular weight excluding hydrogens is 354 g/mol.